The fraction of sp³-hybridized carbons (Fsp3) is 0.0364. The molecule has 4 heteroatoms. The summed E-state index contributed by atoms with van der Waals surface area (Å²) >= 11 is 0. The van der Waals surface area contributed by atoms with Gasteiger partial charge in [0.25, 0.3) is 0 Å². The largest absolute Gasteiger partial charge is 0.311 e. The van der Waals surface area contributed by atoms with Crippen LogP contribution >= 0.6 is 0 Å². The van der Waals surface area contributed by atoms with Gasteiger partial charge in [0.15, 0.2) is 0 Å². The molecule has 0 aliphatic rings. The first-order valence-electron chi connectivity index (χ1n) is 20.0. The summed E-state index contributed by atoms with van der Waals surface area (Å²) < 4.78 is 4.82. The maximum atomic E-state index is 4.85. The molecule has 0 saturated heterocycles. The van der Waals surface area contributed by atoms with Crippen LogP contribution < -0.4 is 4.90 Å². The smallest absolute Gasteiger partial charge is 0.0541 e. The molecule has 0 bridgehead atoms. The van der Waals surface area contributed by atoms with E-state index in [1.165, 1.54) is 43.6 Å². The molecule has 0 aliphatic carbocycles. The summed E-state index contributed by atoms with van der Waals surface area (Å²) in [6, 6.07) is 63.4. The minimum atomic E-state index is 1.05. The van der Waals surface area contributed by atoms with Gasteiger partial charge in [-0.15, -0.1) is 13.2 Å². The molecular formula is C55H44N4. The normalized spacial score (nSPS) is 11.7. The van der Waals surface area contributed by atoms with E-state index in [1.54, 1.807) is 0 Å². The quantitative estimate of drug-likeness (QED) is 0.114. The van der Waals surface area contributed by atoms with Gasteiger partial charge in [-0.05, 0) is 104 Å². The highest BCUT2D eigenvalue weighted by atomic mass is 15.1. The van der Waals surface area contributed by atoms with E-state index < -0.39 is 0 Å². The Morgan fingerprint density at radius 2 is 0.881 bits per heavy atom. The van der Waals surface area contributed by atoms with Gasteiger partial charge in [0.2, 0.25) is 0 Å². The lowest BCUT2D eigenvalue weighted by Gasteiger charge is -2.26. The van der Waals surface area contributed by atoms with Crippen molar-refractivity contribution in [3.8, 4) is 33.6 Å². The van der Waals surface area contributed by atoms with Crippen LogP contribution in [0.5, 0.6) is 0 Å². The average molecular weight is 761 g/mol. The van der Waals surface area contributed by atoms with E-state index in [2.05, 4.69) is 235 Å². The second kappa shape index (κ2) is 16.0. The van der Waals surface area contributed by atoms with Gasteiger partial charge in [0.1, 0.15) is 0 Å². The molecule has 0 unspecified atom stereocenters. The number of benzene rings is 7. The zero-order chi connectivity index (χ0) is 40.3. The van der Waals surface area contributed by atoms with Gasteiger partial charge in [0, 0.05) is 73.5 Å². The summed E-state index contributed by atoms with van der Waals surface area (Å²) in [6.45, 7) is 10.1. The third-order valence-electron chi connectivity index (χ3n) is 11.0. The topological polar surface area (TPSA) is 26.0 Å². The number of para-hydroxylation sites is 5. The average Bonchev–Trinajstić information content (AvgIpc) is 3.83. The number of hydrogen-bond donors (Lipinski definition) is 0. The SMILES string of the molecule is C/C=C\C(=C/C)N(c1ccccc1)c1ccc(-c2cncc(-c3cc(-n4c5ccccc5c5ccccc54)cc(-n4c5ccccc5c5ccccc54)c3)c2)cc1.C=C. The second-order valence-corrected chi connectivity index (χ2v) is 14.4. The van der Waals surface area contributed by atoms with Crippen molar-refractivity contribution in [2.45, 2.75) is 13.8 Å². The first-order chi connectivity index (χ1) is 29.2. The summed E-state index contributed by atoms with van der Waals surface area (Å²) in [6.07, 6.45) is 10.3. The Bertz CT molecular complexity index is 2920. The van der Waals surface area contributed by atoms with Crippen molar-refractivity contribution in [3.05, 3.63) is 225 Å². The van der Waals surface area contributed by atoms with E-state index >= 15 is 0 Å². The Hall–Kier alpha value is -7.69. The van der Waals surface area contributed by atoms with Crippen molar-refractivity contribution in [3.63, 3.8) is 0 Å². The highest BCUT2D eigenvalue weighted by Crippen LogP contribution is 2.39. The molecule has 0 saturated carbocycles. The highest BCUT2D eigenvalue weighted by molar-refractivity contribution is 6.10. The fourth-order valence-electron chi connectivity index (χ4n) is 8.47. The van der Waals surface area contributed by atoms with E-state index in [0.29, 0.717) is 0 Å². The zero-order valence-electron chi connectivity index (χ0n) is 33.3. The molecule has 0 spiro atoms. The summed E-state index contributed by atoms with van der Waals surface area (Å²) in [4.78, 5) is 7.14. The van der Waals surface area contributed by atoms with Gasteiger partial charge < -0.3 is 14.0 Å². The summed E-state index contributed by atoms with van der Waals surface area (Å²) in [5, 5.41) is 4.95. The molecule has 10 aromatic rings. The van der Waals surface area contributed by atoms with Crippen molar-refractivity contribution >= 4 is 55.0 Å². The predicted molar refractivity (Wildman–Crippen MR) is 252 cm³/mol. The lowest BCUT2D eigenvalue weighted by atomic mass is 10.0. The van der Waals surface area contributed by atoms with E-state index in [9.17, 15) is 0 Å². The Morgan fingerprint density at radius 3 is 1.34 bits per heavy atom. The van der Waals surface area contributed by atoms with Crippen LogP contribution in [0.2, 0.25) is 0 Å². The van der Waals surface area contributed by atoms with Gasteiger partial charge in [-0.2, -0.15) is 0 Å². The molecule has 0 aliphatic heterocycles. The Labute approximate surface area is 345 Å². The lowest BCUT2D eigenvalue weighted by Crippen LogP contribution is -2.14. The van der Waals surface area contributed by atoms with Crippen LogP contribution in [0.3, 0.4) is 0 Å². The molecule has 10 rings (SSSR count). The fourth-order valence-corrected chi connectivity index (χ4v) is 8.47. The van der Waals surface area contributed by atoms with E-state index in [-0.39, 0.29) is 0 Å². The highest BCUT2D eigenvalue weighted by Gasteiger charge is 2.18. The predicted octanol–water partition coefficient (Wildman–Crippen LogP) is 15.0. The van der Waals surface area contributed by atoms with Crippen LogP contribution in [0.15, 0.2) is 225 Å². The van der Waals surface area contributed by atoms with Crippen molar-refractivity contribution < 1.29 is 0 Å². The number of allylic oxidation sites excluding steroid dienone is 3. The van der Waals surface area contributed by atoms with Crippen LogP contribution in [-0.4, -0.2) is 14.1 Å². The monoisotopic (exact) mass is 760 g/mol. The number of rotatable bonds is 8. The number of fused-ring (bicyclic) bond motifs is 6. The molecule has 0 fully saturated rings. The van der Waals surface area contributed by atoms with Crippen LogP contribution in [0.1, 0.15) is 13.8 Å². The van der Waals surface area contributed by atoms with E-state index in [1.807, 2.05) is 12.4 Å². The second-order valence-electron chi connectivity index (χ2n) is 14.4. The zero-order valence-corrected chi connectivity index (χ0v) is 33.3. The number of nitrogens with zero attached hydrogens (tertiary/aromatic N) is 4. The lowest BCUT2D eigenvalue weighted by molar-refractivity contribution is 1.13. The molecule has 7 aromatic carbocycles. The van der Waals surface area contributed by atoms with Crippen molar-refractivity contribution in [2.75, 3.05) is 4.90 Å². The molecule has 284 valence electrons. The van der Waals surface area contributed by atoms with Crippen LogP contribution in [0.25, 0.3) is 77.2 Å². The van der Waals surface area contributed by atoms with Gasteiger partial charge in [-0.3, -0.25) is 4.98 Å². The molecule has 0 radical (unpaired) electrons. The number of pyridine rings is 1. The molecule has 59 heavy (non-hydrogen) atoms. The van der Waals surface area contributed by atoms with Gasteiger partial charge in [0.05, 0.1) is 22.1 Å². The summed E-state index contributed by atoms with van der Waals surface area (Å²) in [5.41, 5.74) is 14.5. The molecule has 0 amide bonds. The Balaban J connectivity index is 0.00000221. The Kier molecular flexibility index (Phi) is 10.0. The number of anilines is 2. The van der Waals surface area contributed by atoms with Crippen LogP contribution in [0.4, 0.5) is 11.4 Å². The summed E-state index contributed by atoms with van der Waals surface area (Å²) in [5.74, 6) is 0. The minimum absolute atomic E-state index is 1.05. The number of hydrogen-bond acceptors (Lipinski definition) is 2. The van der Waals surface area contributed by atoms with Crippen molar-refractivity contribution in [2.24, 2.45) is 0 Å². The first-order valence-corrected chi connectivity index (χ1v) is 20.0. The van der Waals surface area contributed by atoms with Crippen LogP contribution in [-0.2, 0) is 0 Å². The van der Waals surface area contributed by atoms with Gasteiger partial charge in [-0.1, -0.05) is 115 Å². The van der Waals surface area contributed by atoms with E-state index in [4.69, 9.17) is 4.98 Å². The third kappa shape index (κ3) is 6.61. The molecule has 0 N–H and O–H groups in total. The van der Waals surface area contributed by atoms with Gasteiger partial charge in [-0.25, -0.2) is 0 Å². The molecule has 0 atom stereocenters. The number of aromatic nitrogens is 3. The van der Waals surface area contributed by atoms with Crippen molar-refractivity contribution in [1.82, 2.24) is 14.1 Å². The molecular weight excluding hydrogens is 717 g/mol. The molecule has 3 aromatic heterocycles. The minimum Gasteiger partial charge on any atom is -0.311 e. The molecule has 3 heterocycles. The maximum Gasteiger partial charge on any atom is 0.0541 e. The summed E-state index contributed by atoms with van der Waals surface area (Å²) in [7, 11) is 0. The van der Waals surface area contributed by atoms with Crippen LogP contribution in [0, 0.1) is 0 Å². The first kappa shape index (κ1) is 36.9. The van der Waals surface area contributed by atoms with Gasteiger partial charge >= 0.3 is 0 Å². The third-order valence-corrected chi connectivity index (χ3v) is 11.0. The van der Waals surface area contributed by atoms with Crippen molar-refractivity contribution in [1.29, 1.82) is 0 Å². The standard InChI is InChI=1S/C53H40N4.C2H4/c1-3-16-41(4-2)55(42-17-6-5-7-18-42)43-29-27-37(28-30-43)39-31-40(36-54-35-39)38-32-44(56-50-23-12-8-19-46(50)47-20-9-13-24-51(47)56)34-45(33-38)57-52-25-14-10-21-48(52)49-22-11-15-26-53(49)57;1-2/h3-36H,1-2H3;1-2H2/b16-3-,41-4+;. The Morgan fingerprint density at radius 1 is 0.458 bits per heavy atom. The maximum absolute atomic E-state index is 4.85. The molecule has 4 nitrogen and oxygen atoms in total. The van der Waals surface area contributed by atoms with E-state index in [0.717, 1.165) is 50.7 Å².